The molecule has 3 atom stereocenters. The zero-order valence-electron chi connectivity index (χ0n) is 16.0. The lowest BCUT2D eigenvalue weighted by Gasteiger charge is -2.40. The number of carbonyl (C=O) groups is 2. The van der Waals surface area contributed by atoms with E-state index < -0.39 is 19.1 Å². The summed E-state index contributed by atoms with van der Waals surface area (Å²) in [5, 5.41) is 19.7. The molecule has 1 amide bonds. The van der Waals surface area contributed by atoms with Gasteiger partial charge < -0.3 is 35.1 Å². The number of nitrogens with zero attached hydrogens (tertiary/aromatic N) is 2. The number of aromatic amines is 1. The number of carboxylic acid groups (broad SMARTS) is 1. The standard InChI is InChI=1S/C19H21BN4O6/c21-14(3-9-5-22-8-23-9)18(25)24-6-10(7-24)29-15-2-1-11-12-4-13(12)20(28)30-17(11)16(15)19(26)27/h1-2,5,8,10,12-14,28H,3-4,6-7,21H2,(H,22,23)(H,26,27)/t12?,13-,14+/m1/s1. The Morgan fingerprint density at radius 3 is 2.93 bits per heavy atom. The number of aromatic nitrogens is 2. The van der Waals surface area contributed by atoms with Gasteiger partial charge in [-0.05, 0) is 24.0 Å². The van der Waals surface area contributed by atoms with Crippen LogP contribution in [0.4, 0.5) is 0 Å². The molecule has 30 heavy (non-hydrogen) atoms. The molecule has 1 saturated heterocycles. The van der Waals surface area contributed by atoms with Crippen LogP contribution in [-0.2, 0) is 11.2 Å². The number of aromatic carboxylic acids is 1. The topological polar surface area (TPSA) is 151 Å². The largest absolute Gasteiger partial charge is 0.535 e. The van der Waals surface area contributed by atoms with E-state index in [4.69, 9.17) is 15.1 Å². The van der Waals surface area contributed by atoms with E-state index >= 15 is 0 Å². The van der Waals surface area contributed by atoms with Crippen LogP contribution in [0.1, 0.15) is 34.0 Å². The molecule has 1 unspecified atom stereocenters. The second-order valence-corrected chi connectivity index (χ2v) is 8.03. The minimum absolute atomic E-state index is 0.0304. The number of likely N-dealkylation sites (tertiary alicyclic amines) is 1. The second kappa shape index (κ2) is 7.03. The number of ether oxygens (including phenoxy) is 1. The van der Waals surface area contributed by atoms with Crippen LogP contribution in [0, 0.1) is 0 Å². The monoisotopic (exact) mass is 412 g/mol. The van der Waals surface area contributed by atoms with Gasteiger partial charge in [0.1, 0.15) is 23.2 Å². The van der Waals surface area contributed by atoms with Gasteiger partial charge in [-0.25, -0.2) is 9.78 Å². The van der Waals surface area contributed by atoms with Crippen LogP contribution in [0.5, 0.6) is 11.5 Å². The summed E-state index contributed by atoms with van der Waals surface area (Å²) in [6.45, 7) is 0.634. The van der Waals surface area contributed by atoms with Gasteiger partial charge in [-0.15, -0.1) is 0 Å². The van der Waals surface area contributed by atoms with E-state index in [1.165, 1.54) is 6.33 Å². The number of H-pyrrole nitrogens is 1. The molecule has 0 radical (unpaired) electrons. The number of benzene rings is 1. The number of carbonyl (C=O) groups excluding carboxylic acids is 1. The molecule has 1 saturated carbocycles. The fraction of sp³-hybridized carbons (Fsp3) is 0.421. The van der Waals surface area contributed by atoms with Crippen molar-refractivity contribution in [1.29, 1.82) is 0 Å². The van der Waals surface area contributed by atoms with Gasteiger partial charge in [-0.1, -0.05) is 6.07 Å². The summed E-state index contributed by atoms with van der Waals surface area (Å²) in [7, 11) is -0.997. The number of amides is 1. The number of imidazole rings is 1. The molecule has 2 aliphatic heterocycles. The average molecular weight is 412 g/mol. The third kappa shape index (κ3) is 3.19. The molecule has 156 valence electrons. The number of hydrogen-bond acceptors (Lipinski definition) is 7. The first-order valence-electron chi connectivity index (χ1n) is 9.86. The van der Waals surface area contributed by atoms with Gasteiger partial charge in [0.2, 0.25) is 5.91 Å². The summed E-state index contributed by atoms with van der Waals surface area (Å²) in [6.07, 6.45) is 4.00. The molecule has 3 aliphatic rings. The maximum absolute atomic E-state index is 12.5. The maximum atomic E-state index is 12.5. The summed E-state index contributed by atoms with van der Waals surface area (Å²) >= 11 is 0. The van der Waals surface area contributed by atoms with Crippen molar-refractivity contribution in [3.05, 3.63) is 41.5 Å². The van der Waals surface area contributed by atoms with Crippen LogP contribution >= 0.6 is 0 Å². The van der Waals surface area contributed by atoms with Crippen molar-refractivity contribution < 1.29 is 29.1 Å². The highest BCUT2D eigenvalue weighted by Crippen LogP contribution is 2.60. The Kier molecular flexibility index (Phi) is 4.44. The molecular formula is C19H21BN4O6. The van der Waals surface area contributed by atoms with Gasteiger partial charge in [0, 0.05) is 18.4 Å². The smallest absolute Gasteiger partial charge is 0.526 e. The van der Waals surface area contributed by atoms with Gasteiger partial charge in [-0.3, -0.25) is 4.79 Å². The Bertz CT molecular complexity index is 993. The number of hydrogen-bond donors (Lipinski definition) is 4. The first-order valence-corrected chi connectivity index (χ1v) is 9.86. The molecule has 1 aromatic heterocycles. The van der Waals surface area contributed by atoms with E-state index in [0.717, 1.165) is 12.0 Å². The highest BCUT2D eigenvalue weighted by Gasteiger charge is 2.54. The predicted octanol–water partition coefficient (Wildman–Crippen LogP) is -0.00210. The van der Waals surface area contributed by atoms with E-state index in [1.807, 2.05) is 0 Å². The third-order valence-electron chi connectivity index (χ3n) is 5.96. The third-order valence-corrected chi connectivity index (χ3v) is 5.96. The summed E-state index contributed by atoms with van der Waals surface area (Å²) in [6, 6.07) is 2.73. The minimum Gasteiger partial charge on any atom is -0.535 e. The van der Waals surface area contributed by atoms with Crippen LogP contribution in [0.15, 0.2) is 24.7 Å². The van der Waals surface area contributed by atoms with Crippen LogP contribution in [0.25, 0.3) is 0 Å². The van der Waals surface area contributed by atoms with E-state index in [1.54, 1.807) is 23.2 Å². The highest BCUT2D eigenvalue weighted by atomic mass is 16.5. The van der Waals surface area contributed by atoms with Gasteiger partial charge in [0.25, 0.3) is 0 Å². The van der Waals surface area contributed by atoms with E-state index in [2.05, 4.69) is 9.97 Å². The normalized spacial score (nSPS) is 23.0. The molecule has 5 rings (SSSR count). The van der Waals surface area contributed by atoms with Gasteiger partial charge >= 0.3 is 13.1 Å². The lowest BCUT2D eigenvalue weighted by Crippen LogP contribution is -2.60. The molecule has 2 aromatic rings. The number of nitrogens with two attached hydrogens (primary N) is 1. The first kappa shape index (κ1) is 19.0. The Morgan fingerprint density at radius 1 is 1.43 bits per heavy atom. The van der Waals surface area contributed by atoms with Crippen molar-refractivity contribution in [1.82, 2.24) is 14.9 Å². The first-order chi connectivity index (χ1) is 14.4. The van der Waals surface area contributed by atoms with Crippen molar-refractivity contribution in [2.24, 2.45) is 5.73 Å². The zero-order chi connectivity index (χ0) is 21.0. The Labute approximate surface area is 172 Å². The minimum atomic E-state index is -1.18. The molecule has 10 nitrogen and oxygen atoms in total. The van der Waals surface area contributed by atoms with Gasteiger partial charge in [0.05, 0.1) is 31.2 Å². The molecule has 1 aromatic carbocycles. The fourth-order valence-electron chi connectivity index (χ4n) is 4.22. The summed E-state index contributed by atoms with van der Waals surface area (Å²) < 4.78 is 11.4. The molecule has 2 fully saturated rings. The summed E-state index contributed by atoms with van der Waals surface area (Å²) in [5.74, 6) is -0.870. The van der Waals surface area contributed by atoms with Crippen molar-refractivity contribution in [3.63, 3.8) is 0 Å². The lowest BCUT2D eigenvalue weighted by atomic mass is 9.77. The van der Waals surface area contributed by atoms with E-state index in [-0.39, 0.29) is 40.8 Å². The number of rotatable bonds is 6. The number of fused-ring (bicyclic) bond motifs is 3. The summed E-state index contributed by atoms with van der Waals surface area (Å²) in [5.41, 5.74) is 7.41. The predicted molar refractivity (Wildman–Crippen MR) is 104 cm³/mol. The van der Waals surface area contributed by atoms with Crippen LogP contribution < -0.4 is 15.1 Å². The van der Waals surface area contributed by atoms with Gasteiger partial charge in [-0.2, -0.15) is 0 Å². The molecule has 11 heteroatoms. The Balaban J connectivity index is 1.25. The second-order valence-electron chi connectivity index (χ2n) is 8.03. The zero-order valence-corrected chi connectivity index (χ0v) is 16.0. The lowest BCUT2D eigenvalue weighted by molar-refractivity contribution is -0.141. The van der Waals surface area contributed by atoms with Crippen molar-refractivity contribution in [3.8, 4) is 11.5 Å². The average Bonchev–Trinajstić information content (AvgIpc) is 3.33. The maximum Gasteiger partial charge on any atom is 0.526 e. The summed E-state index contributed by atoms with van der Waals surface area (Å²) in [4.78, 5) is 32.8. The molecular weight excluding hydrogens is 391 g/mol. The van der Waals surface area contributed by atoms with Crippen LogP contribution in [0.2, 0.25) is 5.82 Å². The van der Waals surface area contributed by atoms with Crippen LogP contribution in [0.3, 0.4) is 0 Å². The Morgan fingerprint density at radius 2 is 2.23 bits per heavy atom. The van der Waals surface area contributed by atoms with Crippen LogP contribution in [-0.4, -0.2) is 69.2 Å². The molecule has 3 heterocycles. The molecule has 5 N–H and O–H groups in total. The van der Waals surface area contributed by atoms with E-state index in [9.17, 15) is 19.7 Å². The molecule has 0 bridgehead atoms. The molecule has 0 spiro atoms. The Hall–Kier alpha value is -3.05. The van der Waals surface area contributed by atoms with Crippen molar-refractivity contribution >= 4 is 19.0 Å². The SMILES string of the molecule is N[C@@H](Cc1c[nH]cn1)C(=O)N1CC(Oc2ccc3c(c2C(=O)O)OB(O)[C@@H]2CC32)C1. The molecule has 1 aliphatic carbocycles. The van der Waals surface area contributed by atoms with Gasteiger partial charge in [0.15, 0.2) is 0 Å². The van der Waals surface area contributed by atoms with Crippen molar-refractivity contribution in [2.45, 2.75) is 36.7 Å². The highest BCUT2D eigenvalue weighted by molar-refractivity contribution is 6.48. The number of nitrogens with one attached hydrogen (secondary N) is 1. The van der Waals surface area contributed by atoms with Crippen molar-refractivity contribution in [2.75, 3.05) is 13.1 Å². The number of carboxylic acids is 1. The quantitative estimate of drug-likeness (QED) is 0.484. The fourth-order valence-corrected chi connectivity index (χ4v) is 4.22. The van der Waals surface area contributed by atoms with E-state index in [0.29, 0.717) is 25.2 Å².